The van der Waals surface area contributed by atoms with Crippen LogP contribution in [0.15, 0.2) is 54.5 Å². The molecule has 1 atom stereocenters. The van der Waals surface area contributed by atoms with Crippen LogP contribution in [0.3, 0.4) is 0 Å². The van der Waals surface area contributed by atoms with Gasteiger partial charge in [-0.1, -0.05) is 30.3 Å². The van der Waals surface area contributed by atoms with Crippen LogP contribution >= 0.6 is 0 Å². The average Bonchev–Trinajstić information content (AvgIpc) is 3.09. The summed E-state index contributed by atoms with van der Waals surface area (Å²) in [5.74, 6) is 0.551. The van der Waals surface area contributed by atoms with Crippen molar-refractivity contribution in [1.29, 1.82) is 0 Å². The van der Waals surface area contributed by atoms with Crippen LogP contribution in [0.2, 0.25) is 0 Å². The Kier molecular flexibility index (Phi) is 3.25. The van der Waals surface area contributed by atoms with E-state index >= 15 is 0 Å². The van der Waals surface area contributed by atoms with Gasteiger partial charge in [-0.2, -0.15) is 0 Å². The molecule has 3 rings (SSSR count). The van der Waals surface area contributed by atoms with Crippen molar-refractivity contribution in [1.82, 2.24) is 4.57 Å². The second kappa shape index (κ2) is 5.21. The van der Waals surface area contributed by atoms with Gasteiger partial charge < -0.3 is 19.7 Å². The lowest BCUT2D eigenvalue weighted by molar-refractivity contribution is 0.0700. The average molecular weight is 273 g/mol. The summed E-state index contributed by atoms with van der Waals surface area (Å²) in [5, 5.41) is 19.8. The molecule has 0 aliphatic carbocycles. The lowest BCUT2D eigenvalue weighted by Crippen LogP contribution is -2.14. The minimum atomic E-state index is -0.352. The van der Waals surface area contributed by atoms with E-state index < -0.39 is 0 Å². The van der Waals surface area contributed by atoms with E-state index in [0.717, 1.165) is 5.56 Å². The SMILES string of the molecule is Oc1ccc(O)n1C(Cc1ccccc1)C1=COCO1. The first kappa shape index (κ1) is 12.5. The molecule has 1 aliphatic rings. The quantitative estimate of drug-likeness (QED) is 0.898. The number of ether oxygens (including phenoxy) is 2. The van der Waals surface area contributed by atoms with Gasteiger partial charge in [0, 0.05) is 18.6 Å². The summed E-state index contributed by atoms with van der Waals surface area (Å²) in [6.45, 7) is 0.156. The van der Waals surface area contributed by atoms with Crippen LogP contribution in [-0.4, -0.2) is 21.6 Å². The van der Waals surface area contributed by atoms with Gasteiger partial charge in [-0.3, -0.25) is 4.57 Å². The first-order valence-electron chi connectivity index (χ1n) is 6.33. The van der Waals surface area contributed by atoms with Gasteiger partial charge in [-0.25, -0.2) is 0 Å². The van der Waals surface area contributed by atoms with Gasteiger partial charge >= 0.3 is 0 Å². The van der Waals surface area contributed by atoms with Crippen molar-refractivity contribution in [2.24, 2.45) is 0 Å². The highest BCUT2D eigenvalue weighted by molar-refractivity contribution is 5.29. The Morgan fingerprint density at radius 2 is 1.75 bits per heavy atom. The largest absolute Gasteiger partial charge is 0.494 e. The summed E-state index contributed by atoms with van der Waals surface area (Å²) in [5.41, 5.74) is 1.07. The first-order valence-corrected chi connectivity index (χ1v) is 6.33. The van der Waals surface area contributed by atoms with Crippen LogP contribution in [0, 0.1) is 0 Å². The Morgan fingerprint density at radius 3 is 2.35 bits per heavy atom. The maximum Gasteiger partial charge on any atom is 0.229 e. The highest BCUT2D eigenvalue weighted by Gasteiger charge is 2.26. The third kappa shape index (κ3) is 2.30. The van der Waals surface area contributed by atoms with Gasteiger partial charge in [0.2, 0.25) is 6.79 Å². The summed E-state index contributed by atoms with van der Waals surface area (Å²) in [4.78, 5) is 0. The number of rotatable bonds is 4. The number of hydrogen-bond donors (Lipinski definition) is 2. The number of nitrogens with zero attached hydrogens (tertiary/aromatic N) is 1. The van der Waals surface area contributed by atoms with Gasteiger partial charge in [0.1, 0.15) is 12.3 Å². The standard InChI is InChI=1S/C15H15NO4/c17-14-6-7-15(18)16(14)12(13-9-19-10-20-13)8-11-4-2-1-3-5-11/h1-7,9,12,17-18H,8,10H2. The molecule has 0 bridgehead atoms. The van der Waals surface area contributed by atoms with Crippen LogP contribution in [0.25, 0.3) is 0 Å². The van der Waals surface area contributed by atoms with E-state index in [9.17, 15) is 10.2 Å². The molecular formula is C15H15NO4. The Balaban J connectivity index is 1.96. The van der Waals surface area contributed by atoms with Crippen LogP contribution in [0.1, 0.15) is 11.6 Å². The lowest BCUT2D eigenvalue weighted by atomic mass is 10.0. The molecule has 104 valence electrons. The predicted molar refractivity (Wildman–Crippen MR) is 72.1 cm³/mol. The number of aromatic nitrogens is 1. The van der Waals surface area contributed by atoms with Crippen LogP contribution < -0.4 is 0 Å². The number of hydrogen-bond acceptors (Lipinski definition) is 4. The van der Waals surface area contributed by atoms with E-state index in [-0.39, 0.29) is 24.6 Å². The number of allylic oxidation sites excluding steroid dienone is 1. The minimum Gasteiger partial charge on any atom is -0.494 e. The van der Waals surface area contributed by atoms with Gasteiger partial charge in [-0.05, 0) is 5.56 Å². The van der Waals surface area contributed by atoms with E-state index in [0.29, 0.717) is 12.2 Å². The molecule has 20 heavy (non-hydrogen) atoms. The first-order chi connectivity index (χ1) is 9.75. The monoisotopic (exact) mass is 273 g/mol. The fourth-order valence-corrected chi connectivity index (χ4v) is 2.33. The highest BCUT2D eigenvalue weighted by atomic mass is 16.7. The van der Waals surface area contributed by atoms with Gasteiger partial charge in [0.15, 0.2) is 17.5 Å². The highest BCUT2D eigenvalue weighted by Crippen LogP contribution is 2.34. The van der Waals surface area contributed by atoms with E-state index in [4.69, 9.17) is 9.47 Å². The predicted octanol–water partition coefficient (Wildman–Crippen LogP) is 2.53. The van der Waals surface area contributed by atoms with Crippen molar-refractivity contribution in [3.8, 4) is 11.8 Å². The molecule has 1 aliphatic heterocycles. The van der Waals surface area contributed by atoms with Gasteiger partial charge in [-0.15, -0.1) is 0 Å². The summed E-state index contributed by atoms with van der Waals surface area (Å²) < 4.78 is 11.9. The van der Waals surface area contributed by atoms with E-state index in [1.54, 1.807) is 0 Å². The second-order valence-electron chi connectivity index (χ2n) is 4.57. The third-order valence-corrected chi connectivity index (χ3v) is 3.28. The van der Waals surface area contributed by atoms with Gasteiger partial charge in [0.25, 0.3) is 0 Å². The Labute approximate surface area is 116 Å². The molecular weight excluding hydrogens is 258 g/mol. The van der Waals surface area contributed by atoms with E-state index in [2.05, 4.69) is 0 Å². The second-order valence-corrected chi connectivity index (χ2v) is 4.57. The van der Waals surface area contributed by atoms with Crippen molar-refractivity contribution in [3.63, 3.8) is 0 Å². The molecule has 5 nitrogen and oxygen atoms in total. The molecule has 0 fully saturated rings. The summed E-state index contributed by atoms with van der Waals surface area (Å²) in [7, 11) is 0. The summed E-state index contributed by atoms with van der Waals surface area (Å²) in [6.07, 6.45) is 2.10. The molecule has 0 radical (unpaired) electrons. The van der Waals surface area contributed by atoms with Crippen molar-refractivity contribution < 1.29 is 19.7 Å². The van der Waals surface area contributed by atoms with Crippen LogP contribution in [0.4, 0.5) is 0 Å². The van der Waals surface area contributed by atoms with Crippen molar-refractivity contribution >= 4 is 0 Å². The Bertz CT molecular complexity index is 599. The molecule has 0 spiro atoms. The number of benzene rings is 1. The molecule has 5 heteroatoms. The van der Waals surface area contributed by atoms with Crippen molar-refractivity contribution in [3.05, 3.63) is 60.0 Å². The summed E-state index contributed by atoms with van der Waals surface area (Å²) in [6, 6.07) is 12.4. The summed E-state index contributed by atoms with van der Waals surface area (Å²) >= 11 is 0. The van der Waals surface area contributed by atoms with Crippen molar-refractivity contribution in [2.75, 3.05) is 6.79 Å². The molecule has 0 amide bonds. The van der Waals surface area contributed by atoms with Crippen LogP contribution in [-0.2, 0) is 15.9 Å². The molecule has 0 saturated heterocycles. The van der Waals surface area contributed by atoms with Gasteiger partial charge in [0.05, 0.1) is 0 Å². The smallest absolute Gasteiger partial charge is 0.229 e. The topological polar surface area (TPSA) is 63.9 Å². The Morgan fingerprint density at radius 1 is 1.05 bits per heavy atom. The Hall–Kier alpha value is -2.56. The lowest BCUT2D eigenvalue weighted by Gasteiger charge is -2.20. The third-order valence-electron chi connectivity index (χ3n) is 3.28. The molecule has 2 aromatic rings. The fourth-order valence-electron chi connectivity index (χ4n) is 2.33. The maximum atomic E-state index is 9.92. The molecule has 2 heterocycles. The van der Waals surface area contributed by atoms with E-state index in [1.165, 1.54) is 23.0 Å². The number of aromatic hydroxyl groups is 2. The van der Waals surface area contributed by atoms with E-state index in [1.807, 2.05) is 30.3 Å². The van der Waals surface area contributed by atoms with Crippen molar-refractivity contribution in [2.45, 2.75) is 12.5 Å². The maximum absolute atomic E-state index is 9.92. The molecule has 1 aromatic heterocycles. The molecule has 1 unspecified atom stereocenters. The molecule has 1 aromatic carbocycles. The fraction of sp³-hybridized carbons (Fsp3) is 0.200. The normalized spacial score (nSPS) is 15.3. The minimum absolute atomic E-state index is 0.0140. The molecule has 0 saturated carbocycles. The zero-order valence-electron chi connectivity index (χ0n) is 10.8. The molecule has 2 N–H and O–H groups in total. The zero-order chi connectivity index (χ0) is 13.9. The van der Waals surface area contributed by atoms with Crippen LogP contribution in [0.5, 0.6) is 11.8 Å². The zero-order valence-corrected chi connectivity index (χ0v) is 10.8.